The van der Waals surface area contributed by atoms with Crippen molar-refractivity contribution < 1.29 is 0 Å². The summed E-state index contributed by atoms with van der Waals surface area (Å²) in [7, 11) is 0. The van der Waals surface area contributed by atoms with Crippen molar-refractivity contribution in [2.24, 2.45) is 0 Å². The molecule has 17 heavy (non-hydrogen) atoms. The first-order valence-corrected chi connectivity index (χ1v) is 7.10. The molecule has 0 saturated heterocycles. The third-order valence-electron chi connectivity index (χ3n) is 2.73. The van der Waals surface area contributed by atoms with E-state index in [1.807, 2.05) is 11.6 Å². The standard InChI is InChI=1S/C12H21Cl2N3/c1-3-17-11(12(14)10(2)16-17)9-15-8-6-4-5-7-13/h15H,3-9H2,1-2H3. The fourth-order valence-electron chi connectivity index (χ4n) is 1.77. The summed E-state index contributed by atoms with van der Waals surface area (Å²) >= 11 is 11.8. The molecule has 0 aliphatic carbocycles. The molecule has 0 aromatic carbocycles. The highest BCUT2D eigenvalue weighted by Gasteiger charge is 2.11. The number of hydrogen-bond acceptors (Lipinski definition) is 2. The number of rotatable bonds is 8. The van der Waals surface area contributed by atoms with E-state index in [1.165, 1.54) is 6.42 Å². The summed E-state index contributed by atoms with van der Waals surface area (Å²) in [6, 6.07) is 0. The van der Waals surface area contributed by atoms with Crippen LogP contribution in [-0.4, -0.2) is 22.2 Å². The minimum absolute atomic E-state index is 0.758. The van der Waals surface area contributed by atoms with Gasteiger partial charge in [0.15, 0.2) is 0 Å². The molecule has 0 radical (unpaired) electrons. The number of aryl methyl sites for hydroxylation is 2. The minimum Gasteiger partial charge on any atom is -0.311 e. The van der Waals surface area contributed by atoms with E-state index in [2.05, 4.69) is 17.3 Å². The Morgan fingerprint density at radius 2 is 2.06 bits per heavy atom. The smallest absolute Gasteiger partial charge is 0.0860 e. The first-order chi connectivity index (χ1) is 8.20. The average Bonchev–Trinajstić information content (AvgIpc) is 2.60. The second-order valence-electron chi connectivity index (χ2n) is 4.09. The highest BCUT2D eigenvalue weighted by Crippen LogP contribution is 2.19. The Bertz CT molecular complexity index is 337. The average molecular weight is 278 g/mol. The summed E-state index contributed by atoms with van der Waals surface area (Å²) in [5.74, 6) is 0.758. The van der Waals surface area contributed by atoms with E-state index in [1.54, 1.807) is 0 Å². The van der Waals surface area contributed by atoms with Crippen LogP contribution < -0.4 is 5.32 Å². The van der Waals surface area contributed by atoms with Crippen LogP contribution in [0.5, 0.6) is 0 Å². The van der Waals surface area contributed by atoms with Gasteiger partial charge in [-0.3, -0.25) is 4.68 Å². The molecule has 0 fully saturated rings. The SMILES string of the molecule is CCn1nc(C)c(Cl)c1CNCCCCCCl. The predicted molar refractivity (Wildman–Crippen MR) is 73.9 cm³/mol. The Morgan fingerprint density at radius 3 is 2.71 bits per heavy atom. The first-order valence-electron chi connectivity index (χ1n) is 6.19. The van der Waals surface area contributed by atoms with Gasteiger partial charge in [0, 0.05) is 19.0 Å². The normalized spacial score (nSPS) is 11.1. The van der Waals surface area contributed by atoms with Crippen molar-refractivity contribution in [1.82, 2.24) is 15.1 Å². The Balaban J connectivity index is 2.35. The van der Waals surface area contributed by atoms with Crippen LogP contribution in [-0.2, 0) is 13.1 Å². The Hall–Kier alpha value is -0.250. The van der Waals surface area contributed by atoms with Crippen LogP contribution >= 0.6 is 23.2 Å². The molecule has 1 heterocycles. The third kappa shape index (κ3) is 4.49. The van der Waals surface area contributed by atoms with Crippen LogP contribution in [0.3, 0.4) is 0 Å². The predicted octanol–water partition coefficient (Wildman–Crippen LogP) is 3.36. The lowest BCUT2D eigenvalue weighted by atomic mass is 10.2. The molecule has 0 bridgehead atoms. The number of unbranched alkanes of at least 4 members (excludes halogenated alkanes) is 2. The van der Waals surface area contributed by atoms with E-state index in [0.717, 1.165) is 54.8 Å². The van der Waals surface area contributed by atoms with Gasteiger partial charge in [-0.25, -0.2) is 0 Å². The van der Waals surface area contributed by atoms with Gasteiger partial charge in [0.2, 0.25) is 0 Å². The number of hydrogen-bond donors (Lipinski definition) is 1. The first kappa shape index (κ1) is 14.8. The van der Waals surface area contributed by atoms with Gasteiger partial charge in [0.1, 0.15) is 0 Å². The van der Waals surface area contributed by atoms with Gasteiger partial charge in [-0.15, -0.1) is 11.6 Å². The molecular weight excluding hydrogens is 257 g/mol. The maximum atomic E-state index is 6.21. The molecule has 1 aromatic rings. The zero-order valence-corrected chi connectivity index (χ0v) is 12.1. The molecule has 0 spiro atoms. The van der Waals surface area contributed by atoms with Crippen molar-refractivity contribution in [3.8, 4) is 0 Å². The molecule has 1 N–H and O–H groups in total. The second kappa shape index (κ2) is 7.96. The lowest BCUT2D eigenvalue weighted by Gasteiger charge is -2.07. The highest BCUT2D eigenvalue weighted by atomic mass is 35.5. The third-order valence-corrected chi connectivity index (χ3v) is 3.49. The fraction of sp³-hybridized carbons (Fsp3) is 0.750. The van der Waals surface area contributed by atoms with E-state index in [0.29, 0.717) is 0 Å². The second-order valence-corrected chi connectivity index (χ2v) is 4.84. The maximum Gasteiger partial charge on any atom is 0.0860 e. The van der Waals surface area contributed by atoms with Gasteiger partial charge in [-0.1, -0.05) is 18.0 Å². The van der Waals surface area contributed by atoms with Crippen LogP contribution in [0.25, 0.3) is 0 Å². The van der Waals surface area contributed by atoms with Crippen LogP contribution in [0.4, 0.5) is 0 Å². The van der Waals surface area contributed by atoms with Crippen LogP contribution in [0.1, 0.15) is 37.6 Å². The lowest BCUT2D eigenvalue weighted by molar-refractivity contribution is 0.563. The molecule has 0 unspecified atom stereocenters. The van der Waals surface area contributed by atoms with Gasteiger partial charge >= 0.3 is 0 Å². The Morgan fingerprint density at radius 1 is 1.29 bits per heavy atom. The van der Waals surface area contributed by atoms with Gasteiger partial charge in [0.05, 0.1) is 16.4 Å². The number of nitrogens with one attached hydrogen (secondary N) is 1. The van der Waals surface area contributed by atoms with Gasteiger partial charge in [-0.2, -0.15) is 5.10 Å². The van der Waals surface area contributed by atoms with Crippen molar-refractivity contribution >= 4 is 23.2 Å². The largest absolute Gasteiger partial charge is 0.311 e. The molecular formula is C12H21Cl2N3. The van der Waals surface area contributed by atoms with Gasteiger partial charge in [-0.05, 0) is 33.2 Å². The number of alkyl halides is 1. The van der Waals surface area contributed by atoms with Crippen molar-refractivity contribution in [1.29, 1.82) is 0 Å². The number of aromatic nitrogens is 2. The quantitative estimate of drug-likeness (QED) is 0.583. The lowest BCUT2D eigenvalue weighted by Crippen LogP contribution is -2.18. The fourth-order valence-corrected chi connectivity index (χ4v) is 2.16. The van der Waals surface area contributed by atoms with Crippen molar-refractivity contribution in [3.63, 3.8) is 0 Å². The van der Waals surface area contributed by atoms with E-state index in [9.17, 15) is 0 Å². The van der Waals surface area contributed by atoms with E-state index in [-0.39, 0.29) is 0 Å². The summed E-state index contributed by atoms with van der Waals surface area (Å²) in [5.41, 5.74) is 2.00. The molecule has 0 atom stereocenters. The number of halogens is 2. The van der Waals surface area contributed by atoms with Gasteiger partial charge < -0.3 is 5.32 Å². The summed E-state index contributed by atoms with van der Waals surface area (Å²) in [6.07, 6.45) is 3.43. The van der Waals surface area contributed by atoms with Crippen LogP contribution in [0, 0.1) is 6.92 Å². The molecule has 5 heteroatoms. The van der Waals surface area contributed by atoms with Crippen molar-refractivity contribution in [2.75, 3.05) is 12.4 Å². The monoisotopic (exact) mass is 277 g/mol. The molecule has 0 aliphatic rings. The minimum atomic E-state index is 0.758. The van der Waals surface area contributed by atoms with Crippen LogP contribution in [0.15, 0.2) is 0 Å². The van der Waals surface area contributed by atoms with Gasteiger partial charge in [0.25, 0.3) is 0 Å². The van der Waals surface area contributed by atoms with Crippen LogP contribution in [0.2, 0.25) is 5.02 Å². The summed E-state index contributed by atoms with van der Waals surface area (Å²) in [6.45, 7) is 6.66. The Labute approximate surface area is 113 Å². The Kier molecular flexibility index (Phi) is 6.93. The summed E-state index contributed by atoms with van der Waals surface area (Å²) < 4.78 is 1.96. The zero-order valence-electron chi connectivity index (χ0n) is 10.6. The van der Waals surface area contributed by atoms with Crippen molar-refractivity contribution in [2.45, 2.75) is 46.2 Å². The summed E-state index contributed by atoms with van der Waals surface area (Å²) in [5, 5.41) is 8.58. The summed E-state index contributed by atoms with van der Waals surface area (Å²) in [4.78, 5) is 0. The number of nitrogens with zero attached hydrogens (tertiary/aromatic N) is 2. The molecule has 1 aromatic heterocycles. The van der Waals surface area contributed by atoms with Crippen molar-refractivity contribution in [3.05, 3.63) is 16.4 Å². The maximum absolute atomic E-state index is 6.21. The zero-order chi connectivity index (χ0) is 12.7. The molecule has 0 saturated carbocycles. The van der Waals surface area contributed by atoms with E-state index in [4.69, 9.17) is 23.2 Å². The van der Waals surface area contributed by atoms with E-state index >= 15 is 0 Å². The molecule has 0 amide bonds. The molecule has 98 valence electrons. The molecule has 1 rings (SSSR count). The highest BCUT2D eigenvalue weighted by molar-refractivity contribution is 6.31. The molecule has 0 aliphatic heterocycles. The van der Waals surface area contributed by atoms with E-state index < -0.39 is 0 Å². The topological polar surface area (TPSA) is 29.9 Å². The molecule has 3 nitrogen and oxygen atoms in total.